The van der Waals surface area contributed by atoms with Gasteiger partial charge in [-0.3, -0.25) is 9.98 Å². The van der Waals surface area contributed by atoms with E-state index in [2.05, 4.69) is 21.9 Å². The van der Waals surface area contributed by atoms with Crippen LogP contribution < -0.4 is 0 Å². The predicted molar refractivity (Wildman–Crippen MR) is 60.7 cm³/mol. The minimum Gasteiger partial charge on any atom is -0.263 e. The van der Waals surface area contributed by atoms with Crippen LogP contribution in [0.15, 0.2) is 35.6 Å². The maximum atomic E-state index is 4.54. The average molecular weight is 195 g/mol. The van der Waals surface area contributed by atoms with Crippen LogP contribution in [0.25, 0.3) is 16.6 Å². The first-order valence-corrected chi connectivity index (χ1v) is 4.80. The number of allylic oxidation sites excluding steroid dienone is 1. The van der Waals surface area contributed by atoms with Gasteiger partial charge in [0, 0.05) is 18.0 Å². The molecule has 1 aromatic heterocycles. The van der Waals surface area contributed by atoms with E-state index in [1.165, 1.54) is 5.56 Å². The summed E-state index contributed by atoms with van der Waals surface area (Å²) in [5.74, 6) is 0. The number of benzene rings is 1. The number of aliphatic imine (C=N–C) groups is 1. The predicted octanol–water partition coefficient (Wildman–Crippen LogP) is 2.36. The molecule has 2 heterocycles. The number of nitrogens with zero attached hydrogens (tertiary/aromatic N) is 3. The molecule has 0 N–H and O–H groups in total. The van der Waals surface area contributed by atoms with Crippen LogP contribution >= 0.6 is 0 Å². The lowest BCUT2D eigenvalue weighted by molar-refractivity contribution is 1.24. The second-order valence-corrected chi connectivity index (χ2v) is 3.61. The minimum atomic E-state index is 0.892. The number of fused-ring (bicyclic) bond motifs is 1. The molecule has 3 nitrogen and oxygen atoms in total. The zero-order valence-corrected chi connectivity index (χ0v) is 8.31. The van der Waals surface area contributed by atoms with Crippen LogP contribution in [-0.4, -0.2) is 16.2 Å². The molecule has 3 heteroatoms. The number of hydrogen-bond acceptors (Lipinski definition) is 3. The Hall–Kier alpha value is -2.03. The summed E-state index contributed by atoms with van der Waals surface area (Å²) in [7, 11) is 0. The molecule has 0 aliphatic carbocycles. The third-order valence-electron chi connectivity index (χ3n) is 2.42. The van der Waals surface area contributed by atoms with E-state index in [1.54, 1.807) is 18.6 Å². The van der Waals surface area contributed by atoms with Crippen molar-refractivity contribution in [1.29, 1.82) is 0 Å². The third-order valence-corrected chi connectivity index (χ3v) is 2.42. The van der Waals surface area contributed by atoms with Gasteiger partial charge in [0.25, 0.3) is 0 Å². The van der Waals surface area contributed by atoms with Crippen LogP contribution in [0.5, 0.6) is 0 Å². The Morgan fingerprint density at radius 2 is 2.00 bits per heavy atom. The van der Waals surface area contributed by atoms with E-state index in [0.717, 1.165) is 22.3 Å². The van der Waals surface area contributed by atoms with Gasteiger partial charge in [-0.15, -0.1) is 0 Å². The molecule has 15 heavy (non-hydrogen) atoms. The molecular weight excluding hydrogens is 186 g/mol. The van der Waals surface area contributed by atoms with Crippen molar-refractivity contribution < 1.29 is 0 Å². The molecule has 2 aromatic rings. The van der Waals surface area contributed by atoms with Gasteiger partial charge in [-0.2, -0.15) is 0 Å². The van der Waals surface area contributed by atoms with E-state index in [9.17, 15) is 0 Å². The monoisotopic (exact) mass is 195 g/mol. The van der Waals surface area contributed by atoms with Crippen molar-refractivity contribution in [2.75, 3.05) is 0 Å². The highest BCUT2D eigenvalue weighted by Gasteiger charge is 2.07. The van der Waals surface area contributed by atoms with Crippen LogP contribution in [0.4, 0.5) is 0 Å². The van der Waals surface area contributed by atoms with Gasteiger partial charge in [-0.25, -0.2) is 4.98 Å². The van der Waals surface area contributed by atoms with Crippen LogP contribution in [0, 0.1) is 6.92 Å². The fourth-order valence-corrected chi connectivity index (χ4v) is 1.54. The Morgan fingerprint density at radius 3 is 2.73 bits per heavy atom. The van der Waals surface area contributed by atoms with E-state index >= 15 is 0 Å². The zero-order chi connectivity index (χ0) is 10.3. The molecule has 0 radical (unpaired) electrons. The molecule has 1 aliphatic rings. The lowest BCUT2D eigenvalue weighted by atomic mass is 10.1. The van der Waals surface area contributed by atoms with Crippen molar-refractivity contribution >= 4 is 22.8 Å². The molecule has 0 spiro atoms. The molecular formula is C12H9N3. The summed E-state index contributed by atoms with van der Waals surface area (Å²) < 4.78 is 0. The Balaban J connectivity index is 2.20. The molecule has 0 bridgehead atoms. The second-order valence-electron chi connectivity index (χ2n) is 3.61. The summed E-state index contributed by atoms with van der Waals surface area (Å²) >= 11 is 0. The first-order valence-electron chi connectivity index (χ1n) is 4.80. The molecule has 0 atom stereocenters. The normalized spacial score (nSPS) is 13.8. The van der Waals surface area contributed by atoms with Gasteiger partial charge in [-0.1, -0.05) is 6.07 Å². The maximum Gasteiger partial charge on any atom is 0.0924 e. The Kier molecular flexibility index (Phi) is 1.65. The summed E-state index contributed by atoms with van der Waals surface area (Å²) in [5, 5.41) is 0. The van der Waals surface area contributed by atoms with E-state index in [4.69, 9.17) is 0 Å². The lowest BCUT2D eigenvalue weighted by Gasteiger charge is -2.06. The van der Waals surface area contributed by atoms with Gasteiger partial charge in [-0.05, 0) is 24.6 Å². The minimum absolute atomic E-state index is 0.892. The zero-order valence-electron chi connectivity index (χ0n) is 8.31. The average Bonchev–Trinajstić information content (AvgIpc) is 2.14. The van der Waals surface area contributed by atoms with Crippen molar-refractivity contribution in [3.63, 3.8) is 0 Å². The fraction of sp³-hybridized carbons (Fsp3) is 0.0833. The SMILES string of the molecule is Cc1ccc2ncc(C3=CN=C3)nc2c1. The van der Waals surface area contributed by atoms with Gasteiger partial charge in [0.1, 0.15) is 0 Å². The summed E-state index contributed by atoms with van der Waals surface area (Å²) in [4.78, 5) is 12.8. The molecule has 1 aliphatic heterocycles. The van der Waals surface area contributed by atoms with Gasteiger partial charge < -0.3 is 0 Å². The van der Waals surface area contributed by atoms with Gasteiger partial charge in [0.2, 0.25) is 0 Å². The highest BCUT2D eigenvalue weighted by atomic mass is 14.8. The smallest absolute Gasteiger partial charge is 0.0924 e. The van der Waals surface area contributed by atoms with Gasteiger partial charge in [0.05, 0.1) is 22.9 Å². The van der Waals surface area contributed by atoms with Crippen molar-refractivity contribution in [1.82, 2.24) is 9.97 Å². The Labute approximate surface area is 87.2 Å². The standard InChI is InChI=1S/C12H9N3/c1-8-2-3-10-11(4-8)15-12(7-14-10)9-5-13-6-9/h2-7H,1H3. The third kappa shape index (κ3) is 1.32. The Morgan fingerprint density at radius 1 is 1.13 bits per heavy atom. The van der Waals surface area contributed by atoms with Crippen LogP contribution in [0.1, 0.15) is 11.3 Å². The van der Waals surface area contributed by atoms with Gasteiger partial charge in [0.15, 0.2) is 0 Å². The largest absolute Gasteiger partial charge is 0.263 e. The first-order chi connectivity index (χ1) is 7.33. The topological polar surface area (TPSA) is 38.1 Å². The van der Waals surface area contributed by atoms with Crippen LogP contribution in [0.3, 0.4) is 0 Å². The number of aryl methyl sites for hydroxylation is 1. The maximum absolute atomic E-state index is 4.54. The highest BCUT2D eigenvalue weighted by molar-refractivity contribution is 6.13. The number of aromatic nitrogens is 2. The summed E-state index contributed by atoms with van der Waals surface area (Å²) in [6.07, 6.45) is 5.38. The molecule has 0 amide bonds. The van der Waals surface area contributed by atoms with Crippen LogP contribution in [-0.2, 0) is 0 Å². The summed E-state index contributed by atoms with van der Waals surface area (Å²) in [6, 6.07) is 6.08. The number of hydrogen-bond donors (Lipinski definition) is 0. The molecule has 0 saturated carbocycles. The first kappa shape index (κ1) is 8.29. The second kappa shape index (κ2) is 2.98. The summed E-state index contributed by atoms with van der Waals surface area (Å²) in [6.45, 7) is 2.05. The highest BCUT2D eigenvalue weighted by Crippen LogP contribution is 2.18. The molecule has 0 fully saturated rings. The molecule has 72 valence electrons. The quantitative estimate of drug-likeness (QED) is 0.700. The van der Waals surface area contributed by atoms with Gasteiger partial charge >= 0.3 is 0 Å². The van der Waals surface area contributed by atoms with Crippen LogP contribution in [0.2, 0.25) is 0 Å². The fourth-order valence-electron chi connectivity index (χ4n) is 1.54. The van der Waals surface area contributed by atoms with Crippen molar-refractivity contribution in [2.24, 2.45) is 4.99 Å². The summed E-state index contributed by atoms with van der Waals surface area (Å²) in [5.41, 5.74) is 5.01. The van der Waals surface area contributed by atoms with E-state index < -0.39 is 0 Å². The number of rotatable bonds is 1. The van der Waals surface area contributed by atoms with Crippen molar-refractivity contribution in [3.8, 4) is 0 Å². The molecule has 1 aromatic carbocycles. The van der Waals surface area contributed by atoms with Crippen molar-refractivity contribution in [2.45, 2.75) is 6.92 Å². The lowest BCUT2D eigenvalue weighted by Crippen LogP contribution is -1.97. The van der Waals surface area contributed by atoms with Crippen molar-refractivity contribution in [3.05, 3.63) is 41.9 Å². The van der Waals surface area contributed by atoms with E-state index in [0.29, 0.717) is 0 Å². The molecule has 0 saturated heterocycles. The van der Waals surface area contributed by atoms with E-state index in [1.807, 2.05) is 18.2 Å². The Bertz CT molecular complexity index is 597. The molecule has 0 unspecified atom stereocenters. The molecule has 3 rings (SSSR count). The van der Waals surface area contributed by atoms with E-state index in [-0.39, 0.29) is 0 Å².